The lowest BCUT2D eigenvalue weighted by atomic mass is 10.2. The fourth-order valence-electron chi connectivity index (χ4n) is 2.02. The molecule has 2 rings (SSSR count). The van der Waals surface area contributed by atoms with Crippen molar-refractivity contribution in [3.63, 3.8) is 0 Å². The third-order valence-corrected chi connectivity index (χ3v) is 3.68. The first-order valence-corrected chi connectivity index (χ1v) is 6.96. The lowest BCUT2D eigenvalue weighted by molar-refractivity contribution is 0.255. The van der Waals surface area contributed by atoms with Gasteiger partial charge in [-0.15, -0.1) is 0 Å². The van der Waals surface area contributed by atoms with Crippen LogP contribution in [0.3, 0.4) is 0 Å². The summed E-state index contributed by atoms with van der Waals surface area (Å²) < 4.78 is 0.895. The summed E-state index contributed by atoms with van der Waals surface area (Å²) in [6, 6.07) is 5.64. The van der Waals surface area contributed by atoms with E-state index in [1.54, 1.807) is 0 Å². The molecule has 4 heteroatoms. The van der Waals surface area contributed by atoms with Gasteiger partial charge in [0.2, 0.25) is 0 Å². The zero-order valence-corrected chi connectivity index (χ0v) is 12.0. The van der Waals surface area contributed by atoms with Gasteiger partial charge in [-0.3, -0.25) is 0 Å². The van der Waals surface area contributed by atoms with Gasteiger partial charge in [0.25, 0.3) is 0 Å². The van der Waals surface area contributed by atoms with Crippen molar-refractivity contribution in [1.82, 2.24) is 5.32 Å². The molecule has 0 atom stereocenters. The highest BCUT2D eigenvalue weighted by molar-refractivity contribution is 9.10. The highest BCUT2D eigenvalue weighted by Crippen LogP contribution is 2.24. The average Bonchev–Trinajstić information content (AvgIpc) is 2.83. The lowest BCUT2D eigenvalue weighted by Crippen LogP contribution is -2.24. The van der Waals surface area contributed by atoms with Gasteiger partial charge in [-0.2, -0.15) is 0 Å². The number of aryl methyl sites for hydroxylation is 1. The minimum atomic E-state index is -0.195. The normalized spacial score (nSPS) is 14.4. The van der Waals surface area contributed by atoms with Gasteiger partial charge >= 0.3 is 6.03 Å². The van der Waals surface area contributed by atoms with Gasteiger partial charge in [0.15, 0.2) is 0 Å². The van der Waals surface area contributed by atoms with E-state index in [0.29, 0.717) is 0 Å². The van der Waals surface area contributed by atoms with Crippen LogP contribution < -0.4 is 10.6 Å². The van der Waals surface area contributed by atoms with Crippen LogP contribution in [0.1, 0.15) is 31.2 Å². The van der Waals surface area contributed by atoms with Gasteiger partial charge in [-0.1, -0.05) is 11.6 Å². The third-order valence-electron chi connectivity index (χ3n) is 3.03. The van der Waals surface area contributed by atoms with Crippen molar-refractivity contribution in [3.05, 3.63) is 40.0 Å². The van der Waals surface area contributed by atoms with E-state index in [1.165, 1.54) is 18.4 Å². The molecule has 1 aliphatic carbocycles. The zero-order chi connectivity index (χ0) is 13.0. The standard InChI is InChI=1S/C14H17BrN2O/c1-10-6-7-13(12(15)8-10)17-14(18)16-9-11-4-2-3-5-11/h6-9H,2-5H2,1H3,(H2,16,17,18). The summed E-state index contributed by atoms with van der Waals surface area (Å²) in [7, 11) is 0. The smallest absolute Gasteiger partial charge is 0.314 e. The van der Waals surface area contributed by atoms with Crippen LogP contribution in [0.15, 0.2) is 34.4 Å². The zero-order valence-electron chi connectivity index (χ0n) is 10.4. The third kappa shape index (κ3) is 3.60. The van der Waals surface area contributed by atoms with E-state index in [2.05, 4.69) is 26.6 Å². The number of amides is 2. The van der Waals surface area contributed by atoms with Crippen molar-refractivity contribution in [1.29, 1.82) is 0 Å². The molecule has 3 nitrogen and oxygen atoms in total. The van der Waals surface area contributed by atoms with Crippen LogP contribution in [-0.2, 0) is 0 Å². The molecule has 1 saturated carbocycles. The quantitative estimate of drug-likeness (QED) is 0.838. The molecule has 1 aliphatic rings. The van der Waals surface area contributed by atoms with Gasteiger partial charge in [0, 0.05) is 10.7 Å². The van der Waals surface area contributed by atoms with Gasteiger partial charge < -0.3 is 10.6 Å². The first-order chi connectivity index (χ1) is 8.65. The van der Waals surface area contributed by atoms with Crippen LogP contribution in [0.25, 0.3) is 0 Å². The molecule has 1 fully saturated rings. The van der Waals surface area contributed by atoms with E-state index in [1.807, 2.05) is 31.3 Å². The Morgan fingerprint density at radius 1 is 1.33 bits per heavy atom. The number of rotatable bonds is 2. The molecule has 2 N–H and O–H groups in total. The molecule has 1 aromatic rings. The van der Waals surface area contributed by atoms with E-state index in [4.69, 9.17) is 0 Å². The van der Waals surface area contributed by atoms with Crippen LogP contribution in [0.4, 0.5) is 10.5 Å². The monoisotopic (exact) mass is 308 g/mol. The molecule has 0 saturated heterocycles. The number of carbonyl (C=O) groups excluding carboxylic acids is 1. The van der Waals surface area contributed by atoms with Crippen molar-refractivity contribution < 1.29 is 4.79 Å². The summed E-state index contributed by atoms with van der Waals surface area (Å²) in [6.45, 7) is 2.01. The summed E-state index contributed by atoms with van der Waals surface area (Å²) in [6.07, 6.45) is 6.52. The molecule has 1 aromatic carbocycles. The van der Waals surface area contributed by atoms with Crippen LogP contribution in [0.5, 0.6) is 0 Å². The molecule has 0 heterocycles. The molecule has 0 unspecified atom stereocenters. The predicted molar refractivity (Wildman–Crippen MR) is 77.6 cm³/mol. The lowest BCUT2D eigenvalue weighted by Gasteiger charge is -2.08. The Morgan fingerprint density at radius 2 is 2.06 bits per heavy atom. The Bertz CT molecular complexity index is 475. The minimum Gasteiger partial charge on any atom is -0.314 e. The van der Waals surface area contributed by atoms with E-state index in [0.717, 1.165) is 28.6 Å². The van der Waals surface area contributed by atoms with Gasteiger partial charge in [-0.25, -0.2) is 4.79 Å². The number of benzene rings is 1. The summed E-state index contributed by atoms with van der Waals surface area (Å²) in [4.78, 5) is 11.7. The number of urea groups is 1. The van der Waals surface area contributed by atoms with E-state index < -0.39 is 0 Å². The van der Waals surface area contributed by atoms with Gasteiger partial charge in [-0.05, 0) is 66.2 Å². The second-order valence-electron chi connectivity index (χ2n) is 4.59. The predicted octanol–water partition coefficient (Wildman–Crippen LogP) is 4.34. The molecule has 2 amide bonds. The van der Waals surface area contributed by atoms with Crippen LogP contribution in [0.2, 0.25) is 0 Å². The van der Waals surface area contributed by atoms with E-state index >= 15 is 0 Å². The molecule has 96 valence electrons. The number of anilines is 1. The SMILES string of the molecule is Cc1ccc(NC(=O)NC=C2CCCC2)c(Br)c1. The van der Waals surface area contributed by atoms with Gasteiger partial charge in [0.05, 0.1) is 5.69 Å². The van der Waals surface area contributed by atoms with Crippen LogP contribution >= 0.6 is 15.9 Å². The number of halogens is 1. The van der Waals surface area contributed by atoms with E-state index in [9.17, 15) is 4.79 Å². The highest BCUT2D eigenvalue weighted by Gasteiger charge is 2.08. The number of carbonyl (C=O) groups is 1. The Hall–Kier alpha value is -1.29. The first-order valence-electron chi connectivity index (χ1n) is 6.17. The summed E-state index contributed by atoms with van der Waals surface area (Å²) in [5.74, 6) is 0. The van der Waals surface area contributed by atoms with E-state index in [-0.39, 0.29) is 6.03 Å². The number of nitrogens with one attached hydrogen (secondary N) is 2. The Kier molecular flexibility index (Phi) is 4.42. The van der Waals surface area contributed by atoms with Crippen molar-refractivity contribution in [3.8, 4) is 0 Å². The van der Waals surface area contributed by atoms with Crippen LogP contribution in [-0.4, -0.2) is 6.03 Å². The molecular formula is C14H17BrN2O. The number of allylic oxidation sites excluding steroid dienone is 1. The average molecular weight is 309 g/mol. The molecular weight excluding hydrogens is 292 g/mol. The molecule has 18 heavy (non-hydrogen) atoms. The molecule has 0 aromatic heterocycles. The largest absolute Gasteiger partial charge is 0.323 e. The molecule has 0 aliphatic heterocycles. The topological polar surface area (TPSA) is 41.1 Å². The maximum absolute atomic E-state index is 11.7. The van der Waals surface area contributed by atoms with Crippen LogP contribution in [0, 0.1) is 6.92 Å². The highest BCUT2D eigenvalue weighted by atomic mass is 79.9. The molecule has 0 bridgehead atoms. The molecule has 0 radical (unpaired) electrons. The fraction of sp³-hybridized carbons (Fsp3) is 0.357. The number of hydrogen-bond donors (Lipinski definition) is 2. The Morgan fingerprint density at radius 3 is 2.72 bits per heavy atom. The van der Waals surface area contributed by atoms with Crippen molar-refractivity contribution >= 4 is 27.6 Å². The second-order valence-corrected chi connectivity index (χ2v) is 5.45. The van der Waals surface area contributed by atoms with Crippen molar-refractivity contribution in [2.75, 3.05) is 5.32 Å². The van der Waals surface area contributed by atoms with Crippen molar-refractivity contribution in [2.24, 2.45) is 0 Å². The number of hydrogen-bond acceptors (Lipinski definition) is 1. The first kappa shape index (κ1) is 13.1. The maximum atomic E-state index is 11.7. The Balaban J connectivity index is 1.92. The minimum absolute atomic E-state index is 0.195. The van der Waals surface area contributed by atoms with Gasteiger partial charge in [0.1, 0.15) is 0 Å². The molecule has 0 spiro atoms. The van der Waals surface area contributed by atoms with Crippen molar-refractivity contribution in [2.45, 2.75) is 32.6 Å². The summed E-state index contributed by atoms with van der Waals surface area (Å²) in [5.41, 5.74) is 3.26. The fourth-order valence-corrected chi connectivity index (χ4v) is 2.61. The summed E-state index contributed by atoms with van der Waals surface area (Å²) >= 11 is 3.44. The summed E-state index contributed by atoms with van der Waals surface area (Å²) in [5, 5.41) is 5.60. The Labute approximate surface area is 116 Å². The maximum Gasteiger partial charge on any atom is 0.323 e. The second kappa shape index (κ2) is 6.05.